The molecular weight excluding hydrogens is 92.1 g/mol. The third-order valence-electron chi connectivity index (χ3n) is 1.32. The smallest absolute Gasteiger partial charge is 0.128 e. The van der Waals surface area contributed by atoms with Gasteiger partial charge in [0.15, 0.2) is 0 Å². The first kappa shape index (κ1) is 4.78. The Bertz CT molecular complexity index is 84.1. The van der Waals surface area contributed by atoms with E-state index in [0.717, 1.165) is 25.7 Å². The van der Waals surface area contributed by atoms with Crippen molar-refractivity contribution in [1.82, 2.24) is 0 Å². The highest BCUT2D eigenvalue weighted by Crippen LogP contribution is 2.44. The molecular formula is C5H7O2. The molecule has 1 fully saturated rings. The van der Waals surface area contributed by atoms with Crippen molar-refractivity contribution in [2.24, 2.45) is 5.41 Å². The standard InChI is InChI=1S/C5H7O2/c6-3-5(4-7)1-2-5/h3-4,6H,1-2H2. The maximum Gasteiger partial charge on any atom is 0.128 e. The third kappa shape index (κ3) is 0.657. The van der Waals surface area contributed by atoms with Crippen LogP contribution in [0, 0.1) is 12.0 Å². The lowest BCUT2D eigenvalue weighted by molar-refractivity contribution is -0.112. The van der Waals surface area contributed by atoms with Gasteiger partial charge in [-0.15, -0.1) is 0 Å². The first-order chi connectivity index (χ1) is 3.33. The predicted molar refractivity (Wildman–Crippen MR) is 24.0 cm³/mol. The Labute approximate surface area is 42.1 Å². The number of carbonyl (C=O) groups excluding carboxylic acids is 1. The van der Waals surface area contributed by atoms with E-state index in [4.69, 9.17) is 5.11 Å². The highest BCUT2D eigenvalue weighted by Gasteiger charge is 2.42. The van der Waals surface area contributed by atoms with Crippen molar-refractivity contribution < 1.29 is 9.90 Å². The highest BCUT2D eigenvalue weighted by molar-refractivity contribution is 5.65. The van der Waals surface area contributed by atoms with Gasteiger partial charge in [-0.1, -0.05) is 0 Å². The lowest BCUT2D eigenvalue weighted by Crippen LogP contribution is -2.00. The monoisotopic (exact) mass is 99.0 g/mol. The van der Waals surface area contributed by atoms with Gasteiger partial charge in [0.25, 0.3) is 0 Å². The second kappa shape index (κ2) is 1.30. The van der Waals surface area contributed by atoms with E-state index in [1.54, 1.807) is 0 Å². The molecule has 0 aromatic heterocycles. The van der Waals surface area contributed by atoms with E-state index in [0.29, 0.717) is 0 Å². The second-order valence-corrected chi connectivity index (χ2v) is 1.98. The topological polar surface area (TPSA) is 37.3 Å². The number of aliphatic hydroxyl groups is 1. The molecule has 2 nitrogen and oxygen atoms in total. The molecule has 0 bridgehead atoms. The molecule has 0 unspecified atom stereocenters. The molecule has 0 saturated heterocycles. The Morgan fingerprint density at radius 1 is 1.57 bits per heavy atom. The van der Waals surface area contributed by atoms with Gasteiger partial charge in [-0.05, 0) is 12.8 Å². The summed E-state index contributed by atoms with van der Waals surface area (Å²) in [5, 5.41) is 8.30. The van der Waals surface area contributed by atoms with Gasteiger partial charge in [-0.2, -0.15) is 0 Å². The van der Waals surface area contributed by atoms with Gasteiger partial charge in [-0.25, -0.2) is 0 Å². The summed E-state index contributed by atoms with van der Waals surface area (Å²) in [6, 6.07) is 0. The van der Waals surface area contributed by atoms with Crippen LogP contribution in [0.4, 0.5) is 0 Å². The minimum atomic E-state index is -0.417. The average molecular weight is 99.1 g/mol. The molecule has 0 aromatic carbocycles. The number of carbonyl (C=O) groups is 1. The summed E-state index contributed by atoms with van der Waals surface area (Å²) in [6.45, 7) is 0.986. The number of hydrogen-bond acceptors (Lipinski definition) is 2. The van der Waals surface area contributed by atoms with Crippen molar-refractivity contribution in [3.8, 4) is 0 Å². The molecule has 0 heterocycles. The molecule has 0 amide bonds. The van der Waals surface area contributed by atoms with Gasteiger partial charge in [0.2, 0.25) is 0 Å². The fourth-order valence-electron chi connectivity index (χ4n) is 0.422. The van der Waals surface area contributed by atoms with Crippen LogP contribution in [0.2, 0.25) is 0 Å². The highest BCUT2D eigenvalue weighted by atomic mass is 16.3. The Kier molecular flexibility index (Phi) is 0.889. The lowest BCUT2D eigenvalue weighted by atomic mass is 10.2. The van der Waals surface area contributed by atoms with Crippen LogP contribution in [0.25, 0.3) is 0 Å². The first-order valence-corrected chi connectivity index (χ1v) is 2.28. The van der Waals surface area contributed by atoms with Crippen molar-refractivity contribution in [1.29, 1.82) is 0 Å². The van der Waals surface area contributed by atoms with Crippen LogP contribution in [-0.2, 0) is 4.79 Å². The number of rotatable bonds is 2. The predicted octanol–water partition coefficient (Wildman–Crippen LogP) is 0.500. The molecule has 1 rings (SSSR count). The van der Waals surface area contributed by atoms with Crippen molar-refractivity contribution in [3.63, 3.8) is 0 Å². The molecule has 1 radical (unpaired) electrons. The zero-order chi connectivity index (χ0) is 5.33. The third-order valence-corrected chi connectivity index (χ3v) is 1.32. The fourth-order valence-corrected chi connectivity index (χ4v) is 0.422. The summed E-state index contributed by atoms with van der Waals surface area (Å²) in [5.74, 6) is 0. The van der Waals surface area contributed by atoms with Crippen LogP contribution in [-0.4, -0.2) is 11.4 Å². The summed E-state index contributed by atoms with van der Waals surface area (Å²) in [6.07, 6.45) is 2.45. The van der Waals surface area contributed by atoms with E-state index < -0.39 is 5.41 Å². The SMILES string of the molecule is O=CC1([CH]O)CC1. The van der Waals surface area contributed by atoms with Gasteiger partial charge in [0.1, 0.15) is 6.29 Å². The van der Waals surface area contributed by atoms with E-state index in [9.17, 15) is 4.79 Å². The van der Waals surface area contributed by atoms with E-state index in [1.807, 2.05) is 0 Å². The fraction of sp³-hybridized carbons (Fsp3) is 0.600. The van der Waals surface area contributed by atoms with Crippen LogP contribution in [0.5, 0.6) is 0 Å². The van der Waals surface area contributed by atoms with Crippen LogP contribution >= 0.6 is 0 Å². The van der Waals surface area contributed by atoms with Gasteiger partial charge < -0.3 is 9.90 Å². The molecule has 1 aliphatic rings. The summed E-state index contributed by atoms with van der Waals surface area (Å²) in [5.41, 5.74) is -0.417. The van der Waals surface area contributed by atoms with Crippen LogP contribution < -0.4 is 0 Å². The van der Waals surface area contributed by atoms with Crippen LogP contribution in [0.1, 0.15) is 12.8 Å². The molecule has 1 saturated carbocycles. The molecule has 0 spiro atoms. The van der Waals surface area contributed by atoms with Gasteiger partial charge >= 0.3 is 0 Å². The average Bonchev–Trinajstić information content (AvgIpc) is 2.46. The van der Waals surface area contributed by atoms with Crippen molar-refractivity contribution in [2.45, 2.75) is 12.8 Å². The number of hydrogen-bond donors (Lipinski definition) is 1. The largest absolute Gasteiger partial charge is 0.389 e. The maximum absolute atomic E-state index is 9.93. The Hall–Kier alpha value is -0.370. The Morgan fingerprint density at radius 2 is 2.14 bits per heavy atom. The Morgan fingerprint density at radius 3 is 2.14 bits per heavy atom. The molecule has 2 heteroatoms. The molecule has 0 aromatic rings. The minimum absolute atomic E-state index is 0.417. The quantitative estimate of drug-likeness (QED) is 0.512. The van der Waals surface area contributed by atoms with Crippen molar-refractivity contribution in [3.05, 3.63) is 6.61 Å². The molecule has 39 valence electrons. The van der Waals surface area contributed by atoms with Gasteiger partial charge in [0, 0.05) is 0 Å². The van der Waals surface area contributed by atoms with E-state index in [1.165, 1.54) is 0 Å². The Balaban J connectivity index is 2.42. The van der Waals surface area contributed by atoms with E-state index in [2.05, 4.69) is 0 Å². The minimum Gasteiger partial charge on any atom is -0.389 e. The summed E-state index contributed by atoms with van der Waals surface area (Å²) in [7, 11) is 0. The zero-order valence-corrected chi connectivity index (χ0v) is 3.92. The first-order valence-electron chi connectivity index (χ1n) is 2.28. The normalized spacial score (nSPS) is 24.1. The molecule has 0 aliphatic heterocycles. The van der Waals surface area contributed by atoms with E-state index >= 15 is 0 Å². The summed E-state index contributed by atoms with van der Waals surface area (Å²) in [4.78, 5) is 9.93. The number of aldehydes is 1. The lowest BCUT2D eigenvalue weighted by Gasteiger charge is -1.93. The second-order valence-electron chi connectivity index (χ2n) is 1.98. The number of aliphatic hydroxyl groups excluding tert-OH is 1. The van der Waals surface area contributed by atoms with E-state index in [-0.39, 0.29) is 0 Å². The van der Waals surface area contributed by atoms with Crippen LogP contribution in [0.15, 0.2) is 0 Å². The molecule has 7 heavy (non-hydrogen) atoms. The maximum atomic E-state index is 9.93. The van der Waals surface area contributed by atoms with Crippen molar-refractivity contribution >= 4 is 6.29 Å². The molecule has 1 N–H and O–H groups in total. The van der Waals surface area contributed by atoms with Crippen LogP contribution in [0.3, 0.4) is 0 Å². The van der Waals surface area contributed by atoms with Gasteiger partial charge in [-0.3, -0.25) is 0 Å². The summed E-state index contributed by atoms with van der Waals surface area (Å²) < 4.78 is 0. The zero-order valence-electron chi connectivity index (χ0n) is 3.92. The molecule has 1 aliphatic carbocycles. The van der Waals surface area contributed by atoms with Crippen molar-refractivity contribution in [2.75, 3.05) is 0 Å². The molecule has 0 atom stereocenters. The summed E-state index contributed by atoms with van der Waals surface area (Å²) >= 11 is 0. The van der Waals surface area contributed by atoms with Gasteiger partial charge in [0.05, 0.1) is 12.0 Å².